The van der Waals surface area contributed by atoms with Crippen molar-refractivity contribution in [3.05, 3.63) is 22.8 Å². The van der Waals surface area contributed by atoms with Gasteiger partial charge in [-0.3, -0.25) is 0 Å². The minimum Gasteiger partial charge on any atom is -0.358 e. The Morgan fingerprint density at radius 2 is 2.20 bits per heavy atom. The number of sulfone groups is 1. The lowest BCUT2D eigenvalue weighted by atomic mass is 10.4. The van der Waals surface area contributed by atoms with Gasteiger partial charge in [0.05, 0.1) is 10.2 Å². The van der Waals surface area contributed by atoms with Crippen molar-refractivity contribution < 1.29 is 8.42 Å². The Hall–Kier alpha value is -0.620. The second kappa shape index (κ2) is 4.94. The monoisotopic (exact) mass is 292 g/mol. The highest BCUT2D eigenvalue weighted by atomic mass is 79.9. The van der Waals surface area contributed by atoms with Crippen LogP contribution in [0.2, 0.25) is 0 Å². The van der Waals surface area contributed by atoms with Crippen molar-refractivity contribution in [3.63, 3.8) is 0 Å². The van der Waals surface area contributed by atoms with E-state index in [4.69, 9.17) is 0 Å². The van der Waals surface area contributed by atoms with Gasteiger partial charge in [0, 0.05) is 26.0 Å². The van der Waals surface area contributed by atoms with Gasteiger partial charge in [0.1, 0.15) is 15.7 Å². The summed E-state index contributed by atoms with van der Waals surface area (Å²) in [6.07, 6.45) is 2.91. The molecule has 84 valence electrons. The topological polar surface area (TPSA) is 50.3 Å². The fourth-order valence-electron chi connectivity index (χ4n) is 1.07. The number of nitrogens with zero attached hydrogens (tertiary/aromatic N) is 2. The summed E-state index contributed by atoms with van der Waals surface area (Å²) in [6, 6.07) is 3.69. The molecule has 0 aliphatic heterocycles. The van der Waals surface area contributed by atoms with E-state index in [1.165, 1.54) is 6.26 Å². The second-order valence-corrected chi connectivity index (χ2v) is 6.47. The Morgan fingerprint density at radius 3 is 2.73 bits per heavy atom. The lowest BCUT2D eigenvalue weighted by molar-refractivity contribution is 0.601. The molecule has 1 aromatic heterocycles. The first-order valence-corrected chi connectivity index (χ1v) is 7.25. The van der Waals surface area contributed by atoms with Gasteiger partial charge in [-0.05, 0) is 28.1 Å². The van der Waals surface area contributed by atoms with E-state index < -0.39 is 9.84 Å². The van der Waals surface area contributed by atoms with Crippen LogP contribution in [-0.4, -0.2) is 39.0 Å². The zero-order chi connectivity index (χ0) is 11.5. The van der Waals surface area contributed by atoms with E-state index in [-0.39, 0.29) is 5.75 Å². The summed E-state index contributed by atoms with van der Waals surface area (Å²) in [5, 5.41) is 0. The summed E-state index contributed by atoms with van der Waals surface area (Å²) < 4.78 is 22.8. The van der Waals surface area contributed by atoms with Crippen molar-refractivity contribution in [2.45, 2.75) is 0 Å². The summed E-state index contributed by atoms with van der Waals surface area (Å²) in [5.74, 6) is 0.883. The van der Waals surface area contributed by atoms with Crippen molar-refractivity contribution in [2.75, 3.05) is 30.5 Å². The molecule has 1 heterocycles. The lowest BCUT2D eigenvalue weighted by Gasteiger charge is -2.18. The second-order valence-electron chi connectivity index (χ2n) is 3.36. The van der Waals surface area contributed by atoms with Crippen LogP contribution in [0.1, 0.15) is 0 Å². The van der Waals surface area contributed by atoms with E-state index in [2.05, 4.69) is 20.9 Å². The maximum Gasteiger partial charge on any atom is 0.149 e. The smallest absolute Gasteiger partial charge is 0.149 e. The first kappa shape index (κ1) is 12.4. The molecule has 0 aliphatic rings. The zero-order valence-corrected chi connectivity index (χ0v) is 11.0. The molecular weight excluding hydrogens is 280 g/mol. The van der Waals surface area contributed by atoms with Gasteiger partial charge >= 0.3 is 0 Å². The van der Waals surface area contributed by atoms with Crippen LogP contribution in [0, 0.1) is 0 Å². The lowest BCUT2D eigenvalue weighted by Crippen LogP contribution is -2.25. The van der Waals surface area contributed by atoms with Crippen molar-refractivity contribution in [2.24, 2.45) is 0 Å². The molecule has 0 aliphatic carbocycles. The SMILES string of the molecule is CN(CCS(C)(=O)=O)c1ncccc1Br. The molecule has 0 bridgehead atoms. The number of hydrogen-bond acceptors (Lipinski definition) is 4. The highest BCUT2D eigenvalue weighted by Gasteiger charge is 2.09. The van der Waals surface area contributed by atoms with E-state index in [0.29, 0.717) is 6.54 Å². The Kier molecular flexibility index (Phi) is 4.10. The van der Waals surface area contributed by atoms with Gasteiger partial charge < -0.3 is 4.90 Å². The summed E-state index contributed by atoms with van der Waals surface area (Å²) >= 11 is 3.36. The van der Waals surface area contributed by atoms with Gasteiger partial charge in [0.2, 0.25) is 0 Å². The standard InChI is InChI=1S/C9H13BrN2O2S/c1-12(6-7-15(2,13)14)9-8(10)4-3-5-11-9/h3-5H,6-7H2,1-2H3. The molecule has 0 spiro atoms. The first-order valence-electron chi connectivity index (χ1n) is 4.39. The van der Waals surface area contributed by atoms with Gasteiger partial charge in [0.25, 0.3) is 0 Å². The highest BCUT2D eigenvalue weighted by molar-refractivity contribution is 9.10. The van der Waals surface area contributed by atoms with Crippen LogP contribution in [-0.2, 0) is 9.84 Å². The van der Waals surface area contributed by atoms with Gasteiger partial charge in [-0.2, -0.15) is 0 Å². The predicted molar refractivity (Wildman–Crippen MR) is 64.9 cm³/mol. The van der Waals surface area contributed by atoms with Gasteiger partial charge in [-0.25, -0.2) is 13.4 Å². The minimum atomic E-state index is -2.92. The van der Waals surface area contributed by atoms with Crippen LogP contribution in [0.5, 0.6) is 0 Å². The van der Waals surface area contributed by atoms with E-state index in [1.807, 2.05) is 24.1 Å². The quantitative estimate of drug-likeness (QED) is 0.840. The van der Waals surface area contributed by atoms with E-state index in [1.54, 1.807) is 6.20 Å². The molecule has 6 heteroatoms. The van der Waals surface area contributed by atoms with Crippen molar-refractivity contribution in [1.29, 1.82) is 0 Å². The highest BCUT2D eigenvalue weighted by Crippen LogP contribution is 2.21. The summed E-state index contributed by atoms with van der Waals surface area (Å²) in [7, 11) is -1.11. The maximum atomic E-state index is 11.0. The van der Waals surface area contributed by atoms with Crippen LogP contribution < -0.4 is 4.90 Å². The van der Waals surface area contributed by atoms with Crippen LogP contribution in [0.15, 0.2) is 22.8 Å². The molecule has 1 rings (SSSR count). The van der Waals surface area contributed by atoms with Crippen LogP contribution in [0.3, 0.4) is 0 Å². The fraction of sp³-hybridized carbons (Fsp3) is 0.444. The Bertz CT molecular complexity index is 433. The summed E-state index contributed by atoms with van der Waals surface area (Å²) in [4.78, 5) is 5.97. The largest absolute Gasteiger partial charge is 0.358 e. The van der Waals surface area contributed by atoms with Crippen molar-refractivity contribution >= 4 is 31.6 Å². The Balaban J connectivity index is 2.70. The molecular formula is C9H13BrN2O2S. The number of pyridine rings is 1. The van der Waals surface area contributed by atoms with Crippen LogP contribution >= 0.6 is 15.9 Å². The molecule has 0 radical (unpaired) electrons. The number of rotatable bonds is 4. The third-order valence-corrected chi connectivity index (χ3v) is 3.44. The van der Waals surface area contributed by atoms with E-state index >= 15 is 0 Å². The molecule has 0 unspecified atom stereocenters. The molecule has 4 nitrogen and oxygen atoms in total. The van der Waals surface area contributed by atoms with Gasteiger partial charge in [-0.15, -0.1) is 0 Å². The van der Waals surface area contributed by atoms with E-state index in [9.17, 15) is 8.42 Å². The molecule has 0 saturated heterocycles. The zero-order valence-electron chi connectivity index (χ0n) is 8.64. The number of anilines is 1. The fourth-order valence-corrected chi connectivity index (χ4v) is 2.23. The van der Waals surface area contributed by atoms with E-state index in [0.717, 1.165) is 10.3 Å². The van der Waals surface area contributed by atoms with Crippen molar-refractivity contribution in [1.82, 2.24) is 4.98 Å². The Morgan fingerprint density at radius 1 is 1.53 bits per heavy atom. The number of aromatic nitrogens is 1. The third kappa shape index (κ3) is 4.17. The summed E-state index contributed by atoms with van der Waals surface area (Å²) in [6.45, 7) is 0.439. The molecule has 0 amide bonds. The molecule has 0 aromatic carbocycles. The molecule has 1 aromatic rings. The average Bonchev–Trinajstić information content (AvgIpc) is 2.14. The minimum absolute atomic E-state index is 0.131. The normalized spacial score (nSPS) is 11.4. The first-order chi connectivity index (χ1) is 6.90. The third-order valence-electron chi connectivity index (χ3n) is 1.90. The number of halogens is 1. The predicted octanol–water partition coefficient (Wildman–Crippen LogP) is 1.32. The van der Waals surface area contributed by atoms with Gasteiger partial charge in [0.15, 0.2) is 0 Å². The van der Waals surface area contributed by atoms with Gasteiger partial charge in [-0.1, -0.05) is 0 Å². The summed E-state index contributed by atoms with van der Waals surface area (Å²) in [5.41, 5.74) is 0. The molecule has 0 fully saturated rings. The molecule has 0 N–H and O–H groups in total. The van der Waals surface area contributed by atoms with Crippen LogP contribution in [0.4, 0.5) is 5.82 Å². The number of hydrogen-bond donors (Lipinski definition) is 0. The Labute approximate surface area is 98.4 Å². The maximum absolute atomic E-state index is 11.0. The average molecular weight is 293 g/mol. The molecule has 0 atom stereocenters. The van der Waals surface area contributed by atoms with Crippen LogP contribution in [0.25, 0.3) is 0 Å². The molecule has 15 heavy (non-hydrogen) atoms. The van der Waals surface area contributed by atoms with Crippen molar-refractivity contribution in [3.8, 4) is 0 Å². The molecule has 0 saturated carbocycles.